The minimum atomic E-state index is -0.363. The van der Waals surface area contributed by atoms with E-state index in [9.17, 15) is 5.26 Å². The number of nitrogens with zero attached hydrogens (tertiary/aromatic N) is 2. The van der Waals surface area contributed by atoms with Crippen LogP contribution in [0, 0.1) is 11.3 Å². The quantitative estimate of drug-likeness (QED) is 0.769. The van der Waals surface area contributed by atoms with Gasteiger partial charge in [0, 0.05) is 11.3 Å². The maximum atomic E-state index is 9.79. The van der Waals surface area contributed by atoms with Gasteiger partial charge in [-0.25, -0.2) is 0 Å². The number of allylic oxidation sites excluding steroid dienone is 1. The van der Waals surface area contributed by atoms with Crippen molar-refractivity contribution in [3.63, 3.8) is 0 Å². The third-order valence-electron chi connectivity index (χ3n) is 5.63. The fraction of sp³-hybridized carbons (Fsp3) is 0.455. The van der Waals surface area contributed by atoms with Crippen molar-refractivity contribution in [2.75, 3.05) is 7.11 Å². The first kappa shape index (κ1) is 19.2. The number of nitrogens with one attached hydrogen (secondary N) is 1. The molecule has 1 aromatic heterocycles. The molecule has 1 atom stereocenters. The molecule has 0 radical (unpaired) electrons. The molecule has 2 aromatic rings. The van der Waals surface area contributed by atoms with Crippen LogP contribution in [0.5, 0.6) is 17.4 Å². The summed E-state index contributed by atoms with van der Waals surface area (Å²) in [5, 5.41) is 17.1. The molecule has 1 aromatic carbocycles. The summed E-state index contributed by atoms with van der Waals surface area (Å²) in [5.41, 5.74) is 9.14. The van der Waals surface area contributed by atoms with Gasteiger partial charge in [0.15, 0.2) is 11.5 Å². The summed E-state index contributed by atoms with van der Waals surface area (Å²) in [6.45, 7) is 2.10. The topological polar surface area (TPSA) is 106 Å². The highest BCUT2D eigenvalue weighted by Crippen LogP contribution is 2.45. The molecule has 7 heteroatoms. The zero-order chi connectivity index (χ0) is 20.4. The van der Waals surface area contributed by atoms with Crippen molar-refractivity contribution in [1.29, 1.82) is 5.26 Å². The van der Waals surface area contributed by atoms with Crippen molar-refractivity contribution in [1.82, 2.24) is 10.2 Å². The number of nitriles is 1. The van der Waals surface area contributed by atoms with Crippen LogP contribution >= 0.6 is 0 Å². The maximum Gasteiger partial charge on any atom is 0.244 e. The van der Waals surface area contributed by atoms with Crippen molar-refractivity contribution >= 4 is 0 Å². The van der Waals surface area contributed by atoms with Crippen LogP contribution in [-0.2, 0) is 6.42 Å². The molecule has 1 fully saturated rings. The average molecular weight is 394 g/mol. The van der Waals surface area contributed by atoms with E-state index in [1.807, 2.05) is 18.2 Å². The summed E-state index contributed by atoms with van der Waals surface area (Å²) in [6.07, 6.45) is 6.53. The van der Waals surface area contributed by atoms with Crippen molar-refractivity contribution in [2.24, 2.45) is 5.73 Å². The van der Waals surface area contributed by atoms with E-state index >= 15 is 0 Å². The molecule has 1 aliphatic heterocycles. The first-order valence-corrected chi connectivity index (χ1v) is 10.2. The monoisotopic (exact) mass is 394 g/mol. The molecule has 29 heavy (non-hydrogen) atoms. The molecule has 0 spiro atoms. The second-order valence-electron chi connectivity index (χ2n) is 7.53. The van der Waals surface area contributed by atoms with E-state index in [1.165, 1.54) is 12.8 Å². The van der Waals surface area contributed by atoms with E-state index in [-0.39, 0.29) is 17.9 Å². The highest BCUT2D eigenvalue weighted by molar-refractivity contribution is 5.57. The lowest BCUT2D eigenvalue weighted by Gasteiger charge is -2.25. The Bertz CT molecular complexity index is 967. The van der Waals surface area contributed by atoms with E-state index < -0.39 is 0 Å². The number of nitrogens with two attached hydrogens (primary N) is 1. The van der Waals surface area contributed by atoms with Gasteiger partial charge in [-0.15, -0.1) is 5.10 Å². The number of benzene rings is 1. The van der Waals surface area contributed by atoms with Gasteiger partial charge in [0.1, 0.15) is 11.6 Å². The molecule has 1 aliphatic carbocycles. The molecule has 7 nitrogen and oxygen atoms in total. The Kier molecular flexibility index (Phi) is 5.34. The van der Waals surface area contributed by atoms with Gasteiger partial charge >= 0.3 is 0 Å². The lowest BCUT2D eigenvalue weighted by Crippen LogP contribution is -2.21. The van der Waals surface area contributed by atoms with Gasteiger partial charge in [-0.05, 0) is 49.8 Å². The molecule has 3 N–H and O–H groups in total. The molecule has 0 bridgehead atoms. The minimum absolute atomic E-state index is 0.0878. The summed E-state index contributed by atoms with van der Waals surface area (Å²) >= 11 is 0. The van der Waals surface area contributed by atoms with Crippen LogP contribution in [0.2, 0.25) is 0 Å². The Labute approximate surface area is 170 Å². The molecule has 0 saturated heterocycles. The van der Waals surface area contributed by atoms with E-state index in [0.717, 1.165) is 48.3 Å². The molecule has 1 unspecified atom stereocenters. The van der Waals surface area contributed by atoms with Crippen molar-refractivity contribution < 1.29 is 14.2 Å². The standard InChI is InChI=1S/C22H26N4O3/c1-3-6-16-20-19(15(12-23)21(24)29-22(20)26-25-16)13-9-10-17(18(11-13)27-2)28-14-7-4-5-8-14/h9-11,14,19H,3-8,24H2,1-2H3,(H,25,26). The fourth-order valence-corrected chi connectivity index (χ4v) is 4.23. The first-order valence-electron chi connectivity index (χ1n) is 10.2. The van der Waals surface area contributed by atoms with E-state index in [2.05, 4.69) is 23.2 Å². The highest BCUT2D eigenvalue weighted by Gasteiger charge is 2.35. The smallest absolute Gasteiger partial charge is 0.244 e. The van der Waals surface area contributed by atoms with Crippen LogP contribution < -0.4 is 19.9 Å². The number of hydrogen-bond acceptors (Lipinski definition) is 6. The van der Waals surface area contributed by atoms with Gasteiger partial charge < -0.3 is 19.9 Å². The number of hydrogen-bond donors (Lipinski definition) is 2. The fourth-order valence-electron chi connectivity index (χ4n) is 4.23. The van der Waals surface area contributed by atoms with Crippen LogP contribution in [0.15, 0.2) is 29.7 Å². The Hall–Kier alpha value is -3.14. The molecule has 4 rings (SSSR count). The lowest BCUT2D eigenvalue weighted by atomic mass is 9.83. The Balaban J connectivity index is 1.76. The van der Waals surface area contributed by atoms with Crippen LogP contribution in [0.3, 0.4) is 0 Å². The number of aryl methyl sites for hydroxylation is 1. The number of fused-ring (bicyclic) bond motifs is 1. The number of ether oxygens (including phenoxy) is 3. The lowest BCUT2D eigenvalue weighted by molar-refractivity contribution is 0.200. The van der Waals surface area contributed by atoms with Crippen molar-refractivity contribution in [3.8, 4) is 23.4 Å². The summed E-state index contributed by atoms with van der Waals surface area (Å²) in [7, 11) is 1.63. The van der Waals surface area contributed by atoms with Gasteiger partial charge in [0.05, 0.1) is 19.1 Å². The largest absolute Gasteiger partial charge is 0.493 e. The second kappa shape index (κ2) is 8.08. The summed E-state index contributed by atoms with van der Waals surface area (Å²) < 4.78 is 17.4. The predicted octanol–water partition coefficient (Wildman–Crippen LogP) is 3.91. The third-order valence-corrected chi connectivity index (χ3v) is 5.63. The number of H-pyrrole nitrogens is 1. The normalized spacial score (nSPS) is 18.9. The molecule has 1 saturated carbocycles. The van der Waals surface area contributed by atoms with Crippen LogP contribution in [-0.4, -0.2) is 23.4 Å². The van der Waals surface area contributed by atoms with E-state index in [1.54, 1.807) is 7.11 Å². The van der Waals surface area contributed by atoms with Crippen LogP contribution in [0.1, 0.15) is 61.8 Å². The number of rotatable bonds is 6. The minimum Gasteiger partial charge on any atom is -0.493 e. The van der Waals surface area contributed by atoms with Gasteiger partial charge in [-0.3, -0.25) is 5.10 Å². The maximum absolute atomic E-state index is 9.79. The van der Waals surface area contributed by atoms with E-state index in [4.69, 9.17) is 19.9 Å². The Morgan fingerprint density at radius 1 is 1.31 bits per heavy atom. The van der Waals surface area contributed by atoms with Crippen LogP contribution in [0.4, 0.5) is 0 Å². The molecule has 2 heterocycles. The van der Waals surface area contributed by atoms with E-state index in [0.29, 0.717) is 17.2 Å². The van der Waals surface area contributed by atoms with Gasteiger partial charge in [-0.2, -0.15) is 5.26 Å². The number of aromatic nitrogens is 2. The Morgan fingerprint density at radius 2 is 2.10 bits per heavy atom. The zero-order valence-corrected chi connectivity index (χ0v) is 16.8. The van der Waals surface area contributed by atoms with Gasteiger partial charge in [-0.1, -0.05) is 19.4 Å². The zero-order valence-electron chi connectivity index (χ0n) is 16.8. The molecule has 2 aliphatic rings. The summed E-state index contributed by atoms with van der Waals surface area (Å²) in [5.74, 6) is 1.54. The number of aromatic amines is 1. The SMILES string of the molecule is CCCc1[nH]nc2c1C(c1ccc(OC3CCCC3)c(OC)c1)C(C#N)=C(N)O2. The molecular weight excluding hydrogens is 368 g/mol. The second-order valence-corrected chi connectivity index (χ2v) is 7.53. The first-order chi connectivity index (χ1) is 14.2. The highest BCUT2D eigenvalue weighted by atomic mass is 16.5. The van der Waals surface area contributed by atoms with Crippen molar-refractivity contribution in [3.05, 3.63) is 46.5 Å². The summed E-state index contributed by atoms with van der Waals surface area (Å²) in [6, 6.07) is 8.05. The molecule has 152 valence electrons. The predicted molar refractivity (Wildman–Crippen MR) is 108 cm³/mol. The third kappa shape index (κ3) is 3.51. The average Bonchev–Trinajstić information content (AvgIpc) is 3.38. The van der Waals surface area contributed by atoms with Gasteiger partial charge in [0.25, 0.3) is 0 Å². The Morgan fingerprint density at radius 3 is 2.79 bits per heavy atom. The van der Waals surface area contributed by atoms with Gasteiger partial charge in [0.2, 0.25) is 11.8 Å². The van der Waals surface area contributed by atoms with Crippen LogP contribution in [0.25, 0.3) is 0 Å². The van der Waals surface area contributed by atoms with Crippen molar-refractivity contribution in [2.45, 2.75) is 57.5 Å². The molecular formula is C22H26N4O3. The molecule has 0 amide bonds. The number of methoxy groups -OCH3 is 1. The summed E-state index contributed by atoms with van der Waals surface area (Å²) in [4.78, 5) is 0.